The molecule has 19 heavy (non-hydrogen) atoms. The lowest BCUT2D eigenvalue weighted by molar-refractivity contribution is -0.689. The van der Waals surface area contributed by atoms with Crippen LogP contribution in [0.25, 0.3) is 11.5 Å². The molecule has 0 N–H and O–H groups in total. The van der Waals surface area contributed by atoms with Gasteiger partial charge >= 0.3 is 0 Å². The Morgan fingerprint density at radius 1 is 1.05 bits per heavy atom. The zero-order chi connectivity index (χ0) is 13.1. The van der Waals surface area contributed by atoms with Gasteiger partial charge in [-0.15, -0.1) is 0 Å². The highest BCUT2D eigenvalue weighted by Gasteiger charge is 2.11. The molecular weight excluding hydrogens is 238 g/mol. The fraction of sp³-hybridized carbons (Fsp3) is 0.133. The molecule has 0 spiro atoms. The Kier molecular flexibility index (Phi) is 3.06. The normalized spacial score (nSPS) is 10.6. The van der Waals surface area contributed by atoms with E-state index < -0.39 is 0 Å². The molecule has 3 aromatic rings. The van der Waals surface area contributed by atoms with E-state index in [2.05, 4.69) is 17.1 Å². The third kappa shape index (κ3) is 2.68. The van der Waals surface area contributed by atoms with Crippen LogP contribution in [0.2, 0.25) is 0 Å². The summed E-state index contributed by atoms with van der Waals surface area (Å²) in [5.41, 5.74) is 2.16. The number of pyridine rings is 1. The molecule has 0 fully saturated rings. The maximum atomic E-state index is 5.29. The summed E-state index contributed by atoms with van der Waals surface area (Å²) >= 11 is 0. The van der Waals surface area contributed by atoms with Gasteiger partial charge in [-0.1, -0.05) is 28.9 Å². The van der Waals surface area contributed by atoms with E-state index in [0.29, 0.717) is 18.3 Å². The molecule has 0 aliphatic rings. The molecule has 4 heteroatoms. The molecule has 0 bridgehead atoms. The van der Waals surface area contributed by atoms with E-state index in [1.807, 2.05) is 59.4 Å². The largest absolute Gasteiger partial charge is 0.334 e. The van der Waals surface area contributed by atoms with Crippen molar-refractivity contribution in [1.82, 2.24) is 10.1 Å². The van der Waals surface area contributed by atoms with Gasteiger partial charge in [0.05, 0.1) is 0 Å². The fourth-order valence-corrected chi connectivity index (χ4v) is 1.83. The second-order valence-electron chi connectivity index (χ2n) is 4.43. The first-order valence-corrected chi connectivity index (χ1v) is 6.15. The second kappa shape index (κ2) is 5.02. The molecule has 2 heterocycles. The van der Waals surface area contributed by atoms with Gasteiger partial charge in [0.25, 0.3) is 5.89 Å². The van der Waals surface area contributed by atoms with Crippen molar-refractivity contribution < 1.29 is 9.09 Å². The third-order valence-electron chi connectivity index (χ3n) is 2.87. The molecule has 2 aromatic heterocycles. The zero-order valence-electron chi connectivity index (χ0n) is 10.7. The Hall–Kier alpha value is -2.49. The lowest BCUT2D eigenvalue weighted by Gasteiger charge is -1.94. The van der Waals surface area contributed by atoms with Crippen molar-refractivity contribution in [3.8, 4) is 11.5 Å². The van der Waals surface area contributed by atoms with E-state index in [9.17, 15) is 0 Å². The van der Waals surface area contributed by atoms with Crippen molar-refractivity contribution >= 4 is 0 Å². The first-order valence-electron chi connectivity index (χ1n) is 6.15. The lowest BCUT2D eigenvalue weighted by Crippen LogP contribution is -2.33. The van der Waals surface area contributed by atoms with Crippen molar-refractivity contribution in [2.45, 2.75) is 13.5 Å². The van der Waals surface area contributed by atoms with Crippen LogP contribution in [0, 0.1) is 6.92 Å². The maximum Gasteiger partial charge on any atom is 0.258 e. The monoisotopic (exact) mass is 252 g/mol. The number of benzene rings is 1. The highest BCUT2D eigenvalue weighted by Crippen LogP contribution is 2.17. The highest BCUT2D eigenvalue weighted by atomic mass is 16.5. The summed E-state index contributed by atoms with van der Waals surface area (Å²) in [6.45, 7) is 2.66. The Morgan fingerprint density at radius 3 is 2.53 bits per heavy atom. The SMILES string of the molecule is Cc1ccc(-c2nc(C[n+]3ccccc3)no2)cc1. The van der Waals surface area contributed by atoms with Gasteiger partial charge in [0.1, 0.15) is 0 Å². The molecule has 0 amide bonds. The van der Waals surface area contributed by atoms with Crippen LogP contribution in [0.15, 0.2) is 59.4 Å². The minimum absolute atomic E-state index is 0.562. The summed E-state index contributed by atoms with van der Waals surface area (Å²) in [6.07, 6.45) is 3.95. The summed E-state index contributed by atoms with van der Waals surface area (Å²) < 4.78 is 7.29. The lowest BCUT2D eigenvalue weighted by atomic mass is 10.1. The van der Waals surface area contributed by atoms with Crippen LogP contribution in [0.5, 0.6) is 0 Å². The molecule has 0 atom stereocenters. The van der Waals surface area contributed by atoms with Crippen molar-refractivity contribution in [3.63, 3.8) is 0 Å². The Balaban J connectivity index is 1.82. The van der Waals surface area contributed by atoms with Crippen molar-refractivity contribution in [3.05, 3.63) is 66.2 Å². The summed E-state index contributed by atoms with van der Waals surface area (Å²) in [4.78, 5) is 4.41. The average Bonchev–Trinajstić information content (AvgIpc) is 2.89. The van der Waals surface area contributed by atoms with Crippen molar-refractivity contribution in [2.75, 3.05) is 0 Å². The molecule has 94 valence electrons. The summed E-state index contributed by atoms with van der Waals surface area (Å²) in [6, 6.07) is 14.0. The van der Waals surface area contributed by atoms with Crippen LogP contribution in [0.4, 0.5) is 0 Å². The molecule has 0 saturated heterocycles. The van der Waals surface area contributed by atoms with E-state index in [4.69, 9.17) is 4.52 Å². The predicted octanol–water partition coefficient (Wildman–Crippen LogP) is 2.38. The van der Waals surface area contributed by atoms with Gasteiger partial charge in [0.2, 0.25) is 12.4 Å². The van der Waals surface area contributed by atoms with Gasteiger partial charge in [-0.2, -0.15) is 9.55 Å². The topological polar surface area (TPSA) is 42.8 Å². The summed E-state index contributed by atoms with van der Waals surface area (Å²) in [7, 11) is 0. The number of aromatic nitrogens is 3. The van der Waals surface area contributed by atoms with Gasteiger partial charge in [0.15, 0.2) is 12.4 Å². The predicted molar refractivity (Wildman–Crippen MR) is 70.2 cm³/mol. The zero-order valence-corrected chi connectivity index (χ0v) is 10.7. The molecule has 0 aliphatic heterocycles. The number of nitrogens with zero attached hydrogens (tertiary/aromatic N) is 3. The molecule has 3 rings (SSSR count). The molecule has 0 radical (unpaired) electrons. The van der Waals surface area contributed by atoms with Crippen molar-refractivity contribution in [2.24, 2.45) is 0 Å². The van der Waals surface area contributed by atoms with Crippen molar-refractivity contribution in [1.29, 1.82) is 0 Å². The average molecular weight is 252 g/mol. The number of hydrogen-bond acceptors (Lipinski definition) is 3. The minimum atomic E-state index is 0.562. The van der Waals surface area contributed by atoms with E-state index in [1.54, 1.807) is 0 Å². The van der Waals surface area contributed by atoms with Crippen LogP contribution in [0.3, 0.4) is 0 Å². The summed E-state index contributed by atoms with van der Waals surface area (Å²) in [5.74, 6) is 1.23. The van der Waals surface area contributed by atoms with Crippen LogP contribution in [-0.4, -0.2) is 10.1 Å². The number of rotatable bonds is 3. The standard InChI is InChI=1S/C15H14N3O/c1-12-5-7-13(8-6-12)15-16-14(17-19-15)11-18-9-3-2-4-10-18/h2-10H,11H2,1H3/q+1. The quantitative estimate of drug-likeness (QED) is 0.672. The van der Waals surface area contributed by atoms with E-state index in [-0.39, 0.29) is 0 Å². The Morgan fingerprint density at radius 2 is 1.79 bits per heavy atom. The van der Waals surface area contributed by atoms with Crippen LogP contribution >= 0.6 is 0 Å². The first-order chi connectivity index (χ1) is 9.31. The Bertz CT molecular complexity index is 659. The smallest absolute Gasteiger partial charge is 0.258 e. The molecular formula is C15H14N3O+. The van der Waals surface area contributed by atoms with Crippen LogP contribution in [-0.2, 0) is 6.54 Å². The van der Waals surface area contributed by atoms with E-state index >= 15 is 0 Å². The van der Waals surface area contributed by atoms with E-state index in [1.165, 1.54) is 5.56 Å². The molecule has 0 aliphatic carbocycles. The minimum Gasteiger partial charge on any atom is -0.334 e. The van der Waals surface area contributed by atoms with Gasteiger partial charge in [0, 0.05) is 17.7 Å². The first kappa shape index (κ1) is 11.6. The van der Waals surface area contributed by atoms with Gasteiger partial charge in [-0.05, 0) is 19.1 Å². The fourth-order valence-electron chi connectivity index (χ4n) is 1.83. The second-order valence-corrected chi connectivity index (χ2v) is 4.43. The summed E-state index contributed by atoms with van der Waals surface area (Å²) in [5, 5.41) is 4.00. The highest BCUT2D eigenvalue weighted by molar-refractivity contribution is 5.52. The Labute approximate surface area is 111 Å². The molecule has 0 unspecified atom stereocenters. The van der Waals surface area contributed by atoms with Crippen LogP contribution in [0.1, 0.15) is 11.4 Å². The third-order valence-corrected chi connectivity index (χ3v) is 2.87. The maximum absolute atomic E-state index is 5.29. The van der Waals surface area contributed by atoms with Crippen LogP contribution < -0.4 is 4.57 Å². The van der Waals surface area contributed by atoms with Gasteiger partial charge in [-0.3, -0.25) is 0 Å². The van der Waals surface area contributed by atoms with Gasteiger partial charge < -0.3 is 4.52 Å². The van der Waals surface area contributed by atoms with E-state index in [0.717, 1.165) is 5.56 Å². The molecule has 0 saturated carbocycles. The molecule has 1 aromatic carbocycles. The number of hydrogen-bond donors (Lipinski definition) is 0. The van der Waals surface area contributed by atoms with Gasteiger partial charge in [-0.25, -0.2) is 0 Å². The number of aryl methyl sites for hydroxylation is 1. The molecule has 4 nitrogen and oxygen atoms in total.